The lowest BCUT2D eigenvalue weighted by Crippen LogP contribution is -2.44. The number of aromatic hydroxyl groups is 1. The summed E-state index contributed by atoms with van der Waals surface area (Å²) in [4.78, 5) is 18.3. The van der Waals surface area contributed by atoms with E-state index in [0.717, 1.165) is 34.0 Å². The Balaban J connectivity index is 1.53. The molecule has 6 nitrogen and oxygen atoms in total. The number of carbonyl (C=O) groups excluding carboxylic acids is 1. The number of rotatable bonds is 6. The lowest BCUT2D eigenvalue weighted by Gasteiger charge is -2.07. The van der Waals surface area contributed by atoms with Gasteiger partial charge in [0.1, 0.15) is 29.1 Å². The molecule has 0 saturated carbocycles. The van der Waals surface area contributed by atoms with Gasteiger partial charge in [0.25, 0.3) is 0 Å². The van der Waals surface area contributed by atoms with E-state index in [2.05, 4.69) is 17.4 Å². The predicted octanol–water partition coefficient (Wildman–Crippen LogP) is 4.02. The van der Waals surface area contributed by atoms with Crippen molar-refractivity contribution in [2.45, 2.75) is 18.9 Å². The number of ether oxygens (including phenoxy) is 1. The van der Waals surface area contributed by atoms with Gasteiger partial charge >= 0.3 is 11.7 Å². The molecular formula is C27H24N3O3+. The molecule has 2 N–H and O–H groups in total. The number of aromatic nitrogens is 2. The van der Waals surface area contributed by atoms with Crippen molar-refractivity contribution in [3.8, 4) is 22.8 Å². The van der Waals surface area contributed by atoms with Crippen LogP contribution in [0.3, 0.4) is 0 Å². The number of carbonyl (C=O) groups is 1. The second kappa shape index (κ2) is 8.74. The Morgan fingerprint density at radius 2 is 1.76 bits per heavy atom. The molecule has 1 atom stereocenters. The fourth-order valence-corrected chi connectivity index (χ4v) is 4.13. The highest BCUT2D eigenvalue weighted by Gasteiger charge is 2.41. The number of nitrogens with zero attached hydrogens (tertiary/aromatic N) is 2. The first kappa shape index (κ1) is 20.7. The van der Waals surface area contributed by atoms with E-state index in [1.807, 2.05) is 42.5 Å². The fraction of sp³-hybridized carbons (Fsp3) is 0.148. The molecular weight excluding hydrogens is 414 g/mol. The van der Waals surface area contributed by atoms with Gasteiger partial charge in [0, 0.05) is 18.4 Å². The van der Waals surface area contributed by atoms with Crippen molar-refractivity contribution < 1.29 is 19.2 Å². The highest BCUT2D eigenvalue weighted by molar-refractivity contribution is 5.82. The minimum absolute atomic E-state index is 0.0236. The molecule has 0 bridgehead atoms. The van der Waals surface area contributed by atoms with Crippen LogP contribution in [0.25, 0.3) is 11.3 Å². The number of methoxy groups -OCH3 is 1. The number of phenols is 1. The summed E-state index contributed by atoms with van der Waals surface area (Å²) in [5, 5.41) is 13.1. The van der Waals surface area contributed by atoms with Crippen molar-refractivity contribution in [2.24, 2.45) is 0 Å². The van der Waals surface area contributed by atoms with Crippen LogP contribution in [0.5, 0.6) is 11.5 Å². The van der Waals surface area contributed by atoms with Crippen LogP contribution >= 0.6 is 0 Å². The summed E-state index contributed by atoms with van der Waals surface area (Å²) in [5.41, 5.74) is 4.45. The van der Waals surface area contributed by atoms with Gasteiger partial charge in [-0.05, 0) is 47.5 Å². The Hall–Kier alpha value is -4.19. The molecule has 0 spiro atoms. The fourth-order valence-electron chi connectivity index (χ4n) is 4.13. The van der Waals surface area contributed by atoms with Crippen LogP contribution in [0.15, 0.2) is 85.1 Å². The molecule has 3 aromatic carbocycles. The average Bonchev–Trinajstić information content (AvgIpc) is 3.16. The number of benzene rings is 3. The average molecular weight is 439 g/mol. The van der Waals surface area contributed by atoms with Crippen LogP contribution in [-0.2, 0) is 12.8 Å². The largest absolute Gasteiger partial charge is 0.508 e. The summed E-state index contributed by atoms with van der Waals surface area (Å²) < 4.78 is 7.01. The van der Waals surface area contributed by atoms with E-state index < -0.39 is 6.04 Å². The third kappa shape index (κ3) is 4.28. The molecule has 0 fully saturated rings. The second-order valence-electron chi connectivity index (χ2n) is 8.09. The Morgan fingerprint density at radius 1 is 1.00 bits per heavy atom. The standard InChI is InChI=1S/C27H23N3O3/c1-33-22-9-5-8-19(14-22)16-24-27(32)30-17-25(20-10-12-21(31)13-11-20)28-23(26(30)29-24)15-18-6-3-2-4-7-18/h2-14,17,24,31H,15-16H2,1H3/p+1. The zero-order valence-corrected chi connectivity index (χ0v) is 18.2. The number of phenolic OH excluding ortho intramolecular Hbond substituents is 1. The van der Waals surface area contributed by atoms with E-state index >= 15 is 0 Å². The van der Waals surface area contributed by atoms with Crippen molar-refractivity contribution in [2.75, 3.05) is 12.4 Å². The minimum atomic E-state index is -0.400. The maximum Gasteiger partial charge on any atom is 0.359 e. The third-order valence-electron chi connectivity index (χ3n) is 5.82. The van der Waals surface area contributed by atoms with Gasteiger partial charge in [0.2, 0.25) is 0 Å². The highest BCUT2D eigenvalue weighted by Crippen LogP contribution is 2.26. The molecule has 0 radical (unpaired) electrons. The summed E-state index contributed by atoms with van der Waals surface area (Å²) in [7, 11) is 1.64. The Kier molecular flexibility index (Phi) is 5.48. The van der Waals surface area contributed by atoms with Crippen LogP contribution in [0, 0.1) is 0 Å². The van der Waals surface area contributed by atoms with Gasteiger partial charge in [-0.3, -0.25) is 5.32 Å². The highest BCUT2D eigenvalue weighted by atomic mass is 16.5. The molecule has 0 saturated heterocycles. The molecule has 1 aliphatic heterocycles. The van der Waals surface area contributed by atoms with Crippen molar-refractivity contribution in [1.29, 1.82) is 0 Å². The van der Waals surface area contributed by atoms with Crippen molar-refractivity contribution in [3.63, 3.8) is 0 Å². The normalized spacial score (nSPS) is 14.6. The van der Waals surface area contributed by atoms with Crippen molar-refractivity contribution >= 4 is 11.7 Å². The SMILES string of the molecule is COc1cccc(CC2Nc3c(Cc4ccccc4)nc(-c4ccc(O)cc4)c[n+]3C2=O)c1. The zero-order chi connectivity index (χ0) is 22.8. The summed E-state index contributed by atoms with van der Waals surface area (Å²) in [6.07, 6.45) is 2.91. The molecule has 1 aromatic heterocycles. The molecule has 2 heterocycles. The van der Waals surface area contributed by atoms with E-state index in [-0.39, 0.29) is 11.7 Å². The molecule has 1 aliphatic rings. The van der Waals surface area contributed by atoms with Gasteiger partial charge in [0.05, 0.1) is 7.11 Å². The van der Waals surface area contributed by atoms with Gasteiger partial charge in [0.15, 0.2) is 6.04 Å². The zero-order valence-electron chi connectivity index (χ0n) is 18.2. The van der Waals surface area contributed by atoms with E-state index in [1.54, 1.807) is 42.1 Å². The summed E-state index contributed by atoms with van der Waals surface area (Å²) >= 11 is 0. The van der Waals surface area contributed by atoms with Crippen molar-refractivity contribution in [3.05, 3.63) is 102 Å². The first-order valence-electron chi connectivity index (χ1n) is 10.8. The van der Waals surface area contributed by atoms with Crippen LogP contribution in [0.4, 0.5) is 5.82 Å². The first-order chi connectivity index (χ1) is 16.1. The molecule has 0 aliphatic carbocycles. The van der Waals surface area contributed by atoms with Gasteiger partial charge < -0.3 is 9.84 Å². The third-order valence-corrected chi connectivity index (χ3v) is 5.82. The van der Waals surface area contributed by atoms with E-state index in [1.165, 1.54) is 0 Å². The molecule has 1 unspecified atom stereocenters. The summed E-state index contributed by atoms with van der Waals surface area (Å²) in [6.45, 7) is 0. The number of fused-ring (bicyclic) bond motifs is 1. The maximum absolute atomic E-state index is 13.4. The number of hydrogen-bond acceptors (Lipinski definition) is 5. The number of nitrogens with one attached hydrogen (secondary N) is 1. The van der Waals surface area contributed by atoms with Gasteiger partial charge in [-0.1, -0.05) is 42.5 Å². The van der Waals surface area contributed by atoms with Crippen LogP contribution in [0.2, 0.25) is 0 Å². The van der Waals surface area contributed by atoms with Crippen molar-refractivity contribution in [1.82, 2.24) is 4.98 Å². The van der Waals surface area contributed by atoms with E-state index in [0.29, 0.717) is 18.5 Å². The Bertz CT molecular complexity index is 1300. The number of anilines is 1. The molecule has 5 rings (SSSR count). The smallest absolute Gasteiger partial charge is 0.359 e. The van der Waals surface area contributed by atoms with Gasteiger partial charge in [-0.2, -0.15) is 4.57 Å². The Labute approximate surface area is 192 Å². The number of hydrogen-bond donors (Lipinski definition) is 2. The quantitative estimate of drug-likeness (QED) is 0.445. The molecule has 4 aromatic rings. The predicted molar refractivity (Wildman–Crippen MR) is 126 cm³/mol. The second-order valence-corrected chi connectivity index (χ2v) is 8.09. The van der Waals surface area contributed by atoms with Crippen LogP contribution in [-0.4, -0.2) is 29.1 Å². The lowest BCUT2D eigenvalue weighted by atomic mass is 10.1. The van der Waals surface area contributed by atoms with Gasteiger partial charge in [-0.25, -0.2) is 9.78 Å². The minimum Gasteiger partial charge on any atom is -0.508 e. The maximum atomic E-state index is 13.4. The molecule has 164 valence electrons. The van der Waals surface area contributed by atoms with E-state index in [4.69, 9.17) is 9.72 Å². The summed E-state index contributed by atoms with van der Waals surface area (Å²) in [6, 6.07) is 24.3. The first-order valence-corrected chi connectivity index (χ1v) is 10.8. The van der Waals surface area contributed by atoms with E-state index in [9.17, 15) is 9.90 Å². The molecule has 33 heavy (non-hydrogen) atoms. The van der Waals surface area contributed by atoms with Crippen LogP contribution < -0.4 is 14.6 Å². The topological polar surface area (TPSA) is 75.3 Å². The summed E-state index contributed by atoms with van der Waals surface area (Å²) in [5.74, 6) is 1.65. The monoisotopic (exact) mass is 438 g/mol. The van der Waals surface area contributed by atoms with Gasteiger partial charge in [-0.15, -0.1) is 0 Å². The Morgan fingerprint density at radius 3 is 2.52 bits per heavy atom. The lowest BCUT2D eigenvalue weighted by molar-refractivity contribution is -0.552. The molecule has 0 amide bonds. The van der Waals surface area contributed by atoms with Crippen LogP contribution in [0.1, 0.15) is 21.6 Å². The molecule has 6 heteroatoms.